The highest BCUT2D eigenvalue weighted by atomic mass is 16.5. The van der Waals surface area contributed by atoms with E-state index in [1.165, 1.54) is 6.26 Å². The van der Waals surface area contributed by atoms with Gasteiger partial charge in [0.15, 0.2) is 0 Å². The first kappa shape index (κ1) is 17.8. The molecule has 0 bridgehead atoms. The van der Waals surface area contributed by atoms with Gasteiger partial charge in [-0.3, -0.25) is 9.59 Å². The Labute approximate surface area is 138 Å². The van der Waals surface area contributed by atoms with E-state index in [9.17, 15) is 14.4 Å². The molecule has 4 N–H and O–H groups in total. The van der Waals surface area contributed by atoms with Gasteiger partial charge in [-0.05, 0) is 25.0 Å². The first-order chi connectivity index (χ1) is 11.5. The number of hydrogen-bond acceptors (Lipinski definition) is 5. The van der Waals surface area contributed by atoms with E-state index in [0.717, 1.165) is 0 Å². The molecule has 1 aromatic rings. The van der Waals surface area contributed by atoms with Crippen LogP contribution in [0.1, 0.15) is 25.0 Å². The molecule has 3 amide bonds. The largest absolute Gasteiger partial charge is 0.481 e. The third-order valence-electron chi connectivity index (χ3n) is 3.76. The third-order valence-corrected chi connectivity index (χ3v) is 3.76. The molecule has 2 rings (SSSR count). The summed E-state index contributed by atoms with van der Waals surface area (Å²) >= 11 is 0. The molecule has 24 heavy (non-hydrogen) atoms. The van der Waals surface area contributed by atoms with E-state index in [2.05, 4.69) is 16.0 Å². The molecule has 1 aromatic heterocycles. The van der Waals surface area contributed by atoms with Crippen molar-refractivity contribution < 1.29 is 28.6 Å². The maximum atomic E-state index is 12.0. The summed E-state index contributed by atoms with van der Waals surface area (Å²) in [6.07, 6.45) is 2.18. The number of rotatable bonds is 7. The van der Waals surface area contributed by atoms with Gasteiger partial charge < -0.3 is 30.2 Å². The zero-order chi connectivity index (χ0) is 17.4. The van der Waals surface area contributed by atoms with Gasteiger partial charge in [0.25, 0.3) is 0 Å². The van der Waals surface area contributed by atoms with Crippen LogP contribution in [0, 0.1) is 0 Å². The third kappa shape index (κ3) is 5.58. The number of hydrogen-bond donors (Lipinski definition) is 4. The van der Waals surface area contributed by atoms with Crippen molar-refractivity contribution in [2.75, 3.05) is 19.8 Å². The van der Waals surface area contributed by atoms with Crippen LogP contribution in [0.2, 0.25) is 0 Å². The second-order valence-electron chi connectivity index (χ2n) is 5.63. The van der Waals surface area contributed by atoms with E-state index in [0.29, 0.717) is 31.8 Å². The van der Waals surface area contributed by atoms with Crippen molar-refractivity contribution in [3.63, 3.8) is 0 Å². The number of amides is 3. The lowest BCUT2D eigenvalue weighted by Crippen LogP contribution is -2.55. The Balaban J connectivity index is 1.76. The minimum atomic E-state index is -0.985. The highest BCUT2D eigenvalue weighted by Gasteiger charge is 2.36. The minimum absolute atomic E-state index is 0.174. The highest BCUT2D eigenvalue weighted by molar-refractivity contribution is 5.84. The van der Waals surface area contributed by atoms with Crippen LogP contribution in [0.25, 0.3) is 0 Å². The number of urea groups is 1. The summed E-state index contributed by atoms with van der Waals surface area (Å²) in [5, 5.41) is 16.7. The van der Waals surface area contributed by atoms with Crippen LogP contribution >= 0.6 is 0 Å². The molecule has 0 saturated carbocycles. The van der Waals surface area contributed by atoms with E-state index < -0.39 is 23.4 Å². The number of furan rings is 1. The van der Waals surface area contributed by atoms with Crippen molar-refractivity contribution in [1.82, 2.24) is 16.0 Å². The lowest BCUT2D eigenvalue weighted by molar-refractivity contribution is -0.140. The van der Waals surface area contributed by atoms with E-state index in [1.54, 1.807) is 12.1 Å². The van der Waals surface area contributed by atoms with E-state index in [-0.39, 0.29) is 19.5 Å². The van der Waals surface area contributed by atoms with Crippen molar-refractivity contribution >= 4 is 17.9 Å². The van der Waals surface area contributed by atoms with Crippen molar-refractivity contribution in [2.24, 2.45) is 0 Å². The van der Waals surface area contributed by atoms with Crippen molar-refractivity contribution in [1.29, 1.82) is 0 Å². The molecule has 0 atom stereocenters. The van der Waals surface area contributed by atoms with Gasteiger partial charge in [-0.2, -0.15) is 0 Å². The number of carbonyl (C=O) groups excluding carboxylic acids is 2. The maximum Gasteiger partial charge on any atom is 0.315 e. The maximum absolute atomic E-state index is 12.0. The Hall–Kier alpha value is -2.55. The van der Waals surface area contributed by atoms with Gasteiger partial charge in [0.2, 0.25) is 5.91 Å². The Morgan fingerprint density at radius 1 is 1.21 bits per heavy atom. The normalized spacial score (nSPS) is 16.2. The van der Waals surface area contributed by atoms with Gasteiger partial charge in [0, 0.05) is 13.2 Å². The monoisotopic (exact) mass is 339 g/mol. The molecular formula is C15H21N3O6. The average molecular weight is 339 g/mol. The number of nitrogens with one attached hydrogen (secondary N) is 3. The van der Waals surface area contributed by atoms with Gasteiger partial charge in [0.05, 0.1) is 31.3 Å². The standard InChI is InChI=1S/C15H21N3O6/c19-12(10-17-14(22)16-9-11-2-1-5-24-11)18-15(8-13(20)21)3-6-23-7-4-15/h1-2,5H,3-4,6-10H2,(H,18,19)(H,20,21)(H2,16,17,22). The fourth-order valence-electron chi connectivity index (χ4n) is 2.54. The van der Waals surface area contributed by atoms with Crippen molar-refractivity contribution in [3.05, 3.63) is 24.2 Å². The Bertz CT molecular complexity index is 566. The van der Waals surface area contributed by atoms with Gasteiger partial charge in [0.1, 0.15) is 5.76 Å². The molecule has 0 aliphatic carbocycles. The highest BCUT2D eigenvalue weighted by Crippen LogP contribution is 2.24. The first-order valence-corrected chi connectivity index (χ1v) is 7.64. The van der Waals surface area contributed by atoms with Crippen LogP contribution in [-0.4, -0.2) is 48.3 Å². The van der Waals surface area contributed by atoms with Crippen LogP contribution in [0.5, 0.6) is 0 Å². The smallest absolute Gasteiger partial charge is 0.315 e. The van der Waals surface area contributed by atoms with E-state index in [4.69, 9.17) is 14.3 Å². The molecule has 0 spiro atoms. The zero-order valence-electron chi connectivity index (χ0n) is 13.2. The molecule has 2 heterocycles. The second-order valence-corrected chi connectivity index (χ2v) is 5.63. The van der Waals surface area contributed by atoms with Gasteiger partial charge >= 0.3 is 12.0 Å². The van der Waals surface area contributed by atoms with Crippen LogP contribution < -0.4 is 16.0 Å². The molecular weight excluding hydrogens is 318 g/mol. The number of carboxylic acids is 1. The molecule has 1 saturated heterocycles. The van der Waals surface area contributed by atoms with Gasteiger partial charge in [-0.25, -0.2) is 4.79 Å². The number of aliphatic carboxylic acids is 1. The Morgan fingerprint density at radius 2 is 1.96 bits per heavy atom. The molecule has 1 aliphatic rings. The van der Waals surface area contributed by atoms with Crippen LogP contribution in [0.15, 0.2) is 22.8 Å². The summed E-state index contributed by atoms with van der Waals surface area (Å²) in [5.41, 5.74) is -0.826. The fourth-order valence-corrected chi connectivity index (χ4v) is 2.54. The lowest BCUT2D eigenvalue weighted by Gasteiger charge is -2.36. The van der Waals surface area contributed by atoms with Crippen LogP contribution in [-0.2, 0) is 20.9 Å². The molecule has 0 aromatic carbocycles. The topological polar surface area (TPSA) is 130 Å². The SMILES string of the molecule is O=C(O)CC1(NC(=O)CNC(=O)NCc2ccco2)CCOCC1. The minimum Gasteiger partial charge on any atom is -0.481 e. The van der Waals surface area contributed by atoms with E-state index in [1.807, 2.05) is 0 Å². The summed E-state index contributed by atoms with van der Waals surface area (Å²) < 4.78 is 10.3. The first-order valence-electron chi connectivity index (χ1n) is 7.64. The summed E-state index contributed by atoms with van der Waals surface area (Å²) in [5.74, 6) is -0.829. The summed E-state index contributed by atoms with van der Waals surface area (Å²) in [6, 6.07) is 2.91. The average Bonchev–Trinajstić information content (AvgIpc) is 3.04. The number of carbonyl (C=O) groups is 3. The Morgan fingerprint density at radius 3 is 2.58 bits per heavy atom. The molecule has 0 unspecified atom stereocenters. The molecule has 1 aliphatic heterocycles. The van der Waals surface area contributed by atoms with Crippen molar-refractivity contribution in [3.8, 4) is 0 Å². The quantitative estimate of drug-likeness (QED) is 0.562. The number of carboxylic acid groups (broad SMARTS) is 1. The summed E-state index contributed by atoms with van der Waals surface area (Å²) in [6.45, 7) is 0.752. The van der Waals surface area contributed by atoms with Gasteiger partial charge in [-0.15, -0.1) is 0 Å². The molecule has 9 nitrogen and oxygen atoms in total. The molecule has 9 heteroatoms. The fraction of sp³-hybridized carbons (Fsp3) is 0.533. The molecule has 0 radical (unpaired) electrons. The number of ether oxygens (including phenoxy) is 1. The molecule has 1 fully saturated rings. The zero-order valence-corrected chi connectivity index (χ0v) is 13.2. The Kier molecular flexibility index (Phi) is 6.19. The van der Waals surface area contributed by atoms with E-state index >= 15 is 0 Å². The summed E-state index contributed by atoms with van der Waals surface area (Å²) in [7, 11) is 0. The van der Waals surface area contributed by atoms with Crippen LogP contribution in [0.4, 0.5) is 4.79 Å². The second kappa shape index (κ2) is 8.34. The lowest BCUT2D eigenvalue weighted by atomic mass is 9.86. The predicted molar refractivity (Wildman–Crippen MR) is 82.1 cm³/mol. The van der Waals surface area contributed by atoms with Crippen molar-refractivity contribution in [2.45, 2.75) is 31.3 Å². The summed E-state index contributed by atoms with van der Waals surface area (Å²) in [4.78, 5) is 34.7. The van der Waals surface area contributed by atoms with Gasteiger partial charge in [-0.1, -0.05) is 0 Å². The molecule has 132 valence electrons. The van der Waals surface area contributed by atoms with Crippen LogP contribution in [0.3, 0.4) is 0 Å². The predicted octanol–water partition coefficient (Wildman–Crippen LogP) is 0.219.